The third-order valence-corrected chi connectivity index (χ3v) is 4.60. The van der Waals surface area contributed by atoms with Gasteiger partial charge in [0.05, 0.1) is 37.2 Å². The molecule has 0 saturated carbocycles. The molecule has 136 valence electrons. The molecule has 25 heavy (non-hydrogen) atoms. The van der Waals surface area contributed by atoms with Gasteiger partial charge in [0.15, 0.2) is 5.69 Å². The molecule has 1 fully saturated rings. The van der Waals surface area contributed by atoms with Crippen molar-refractivity contribution in [2.75, 3.05) is 27.4 Å². The van der Waals surface area contributed by atoms with Crippen LogP contribution in [0.15, 0.2) is 6.20 Å². The van der Waals surface area contributed by atoms with Crippen LogP contribution >= 0.6 is 0 Å². The van der Waals surface area contributed by atoms with Crippen LogP contribution in [0.5, 0.6) is 0 Å². The van der Waals surface area contributed by atoms with Gasteiger partial charge in [0.1, 0.15) is 5.82 Å². The number of hydrogen-bond donors (Lipinski definition) is 1. The van der Waals surface area contributed by atoms with E-state index in [-0.39, 0.29) is 18.1 Å². The highest BCUT2D eigenvalue weighted by atomic mass is 16.5. The first-order chi connectivity index (χ1) is 12.0. The minimum Gasteiger partial charge on any atom is -0.383 e. The topological polar surface area (TPSA) is 98.2 Å². The summed E-state index contributed by atoms with van der Waals surface area (Å²) in [5, 5.41) is 8.00. The number of imidazole rings is 1. The Bertz CT molecular complexity index is 721. The number of aryl methyl sites for hydroxylation is 2. The summed E-state index contributed by atoms with van der Waals surface area (Å²) in [5.41, 5.74) is 2.26. The van der Waals surface area contributed by atoms with Gasteiger partial charge in [-0.2, -0.15) is 0 Å². The molecule has 1 saturated heterocycles. The molecule has 9 heteroatoms. The zero-order chi connectivity index (χ0) is 18.0. The SMILES string of the molecule is COCCn1cc(C(=O)N2C[C@H](OC)C[C@H]2c2nc(C)c(C)[nH]2)nn1. The van der Waals surface area contributed by atoms with Crippen LogP contribution in [-0.2, 0) is 16.0 Å². The zero-order valence-corrected chi connectivity index (χ0v) is 15.0. The van der Waals surface area contributed by atoms with Gasteiger partial charge in [-0.05, 0) is 13.8 Å². The standard InChI is InChI=1S/C16H24N6O3/c1-10-11(2)18-15(17-10)14-7-12(25-4)8-22(14)16(23)13-9-21(20-19-13)5-6-24-3/h9,12,14H,5-8H2,1-4H3,(H,17,18)/t12-,14+/m1/s1. The molecule has 1 amide bonds. The van der Waals surface area contributed by atoms with Gasteiger partial charge < -0.3 is 19.4 Å². The Hall–Kier alpha value is -2.26. The number of aromatic amines is 1. The molecule has 1 aliphatic heterocycles. The minimum atomic E-state index is -0.167. The van der Waals surface area contributed by atoms with Gasteiger partial charge in [-0.1, -0.05) is 5.21 Å². The molecule has 0 radical (unpaired) electrons. The molecule has 9 nitrogen and oxygen atoms in total. The third kappa shape index (κ3) is 3.57. The highest BCUT2D eigenvalue weighted by Gasteiger charge is 2.39. The lowest BCUT2D eigenvalue weighted by atomic mass is 10.2. The van der Waals surface area contributed by atoms with Crippen molar-refractivity contribution < 1.29 is 14.3 Å². The molecule has 2 atom stereocenters. The fourth-order valence-electron chi connectivity index (χ4n) is 3.02. The summed E-state index contributed by atoms with van der Waals surface area (Å²) in [6.45, 7) is 5.50. The second-order valence-corrected chi connectivity index (χ2v) is 6.26. The van der Waals surface area contributed by atoms with Crippen LogP contribution in [-0.4, -0.2) is 69.2 Å². The normalized spacial score (nSPS) is 20.4. The number of H-pyrrole nitrogens is 1. The van der Waals surface area contributed by atoms with Crippen molar-refractivity contribution in [1.82, 2.24) is 29.9 Å². The third-order valence-electron chi connectivity index (χ3n) is 4.60. The number of rotatable bonds is 6. The first-order valence-electron chi connectivity index (χ1n) is 8.29. The van der Waals surface area contributed by atoms with Crippen LogP contribution in [0.1, 0.15) is 40.2 Å². The Balaban J connectivity index is 1.82. The maximum atomic E-state index is 13.0. The molecule has 0 aromatic carbocycles. The van der Waals surface area contributed by atoms with E-state index < -0.39 is 0 Å². The monoisotopic (exact) mass is 348 g/mol. The van der Waals surface area contributed by atoms with E-state index in [9.17, 15) is 4.79 Å². The number of nitrogens with zero attached hydrogens (tertiary/aromatic N) is 5. The van der Waals surface area contributed by atoms with Gasteiger partial charge in [-0.25, -0.2) is 9.67 Å². The van der Waals surface area contributed by atoms with Gasteiger partial charge in [-0.3, -0.25) is 4.79 Å². The summed E-state index contributed by atoms with van der Waals surface area (Å²) in [6, 6.07) is -0.158. The van der Waals surface area contributed by atoms with E-state index in [1.165, 1.54) is 0 Å². The molecule has 3 rings (SSSR count). The van der Waals surface area contributed by atoms with E-state index in [0.717, 1.165) is 17.2 Å². The average Bonchev–Trinajstić information content (AvgIpc) is 3.31. The predicted octanol–water partition coefficient (Wildman–Crippen LogP) is 0.867. The molecule has 0 bridgehead atoms. The highest BCUT2D eigenvalue weighted by molar-refractivity contribution is 5.92. The van der Waals surface area contributed by atoms with Crippen LogP contribution in [0.3, 0.4) is 0 Å². The second-order valence-electron chi connectivity index (χ2n) is 6.26. The van der Waals surface area contributed by atoms with E-state index in [1.807, 2.05) is 13.8 Å². The molecule has 0 spiro atoms. The molecule has 2 aromatic heterocycles. The van der Waals surface area contributed by atoms with Crippen LogP contribution in [0.2, 0.25) is 0 Å². The lowest BCUT2D eigenvalue weighted by molar-refractivity contribution is 0.0678. The van der Waals surface area contributed by atoms with E-state index in [0.29, 0.717) is 31.8 Å². The van der Waals surface area contributed by atoms with Crippen molar-refractivity contribution in [3.05, 3.63) is 29.1 Å². The predicted molar refractivity (Wildman–Crippen MR) is 89.2 cm³/mol. The largest absolute Gasteiger partial charge is 0.383 e. The Morgan fingerprint density at radius 1 is 1.40 bits per heavy atom. The number of carbonyl (C=O) groups is 1. The molecular weight excluding hydrogens is 324 g/mol. The lowest BCUT2D eigenvalue weighted by Crippen LogP contribution is -2.32. The van der Waals surface area contributed by atoms with Crippen molar-refractivity contribution in [2.24, 2.45) is 0 Å². The van der Waals surface area contributed by atoms with Gasteiger partial charge in [-0.15, -0.1) is 5.10 Å². The Morgan fingerprint density at radius 2 is 2.20 bits per heavy atom. The number of likely N-dealkylation sites (tertiary alicyclic amines) is 1. The molecule has 2 aromatic rings. The van der Waals surface area contributed by atoms with Gasteiger partial charge in [0.2, 0.25) is 0 Å². The summed E-state index contributed by atoms with van der Waals surface area (Å²) in [5.74, 6) is 0.620. The minimum absolute atomic E-state index is 0.0248. The van der Waals surface area contributed by atoms with Crippen molar-refractivity contribution in [1.29, 1.82) is 0 Å². The van der Waals surface area contributed by atoms with Crippen molar-refractivity contribution in [3.63, 3.8) is 0 Å². The molecule has 3 heterocycles. The first-order valence-corrected chi connectivity index (χ1v) is 8.29. The van der Waals surface area contributed by atoms with Crippen LogP contribution in [0, 0.1) is 13.8 Å². The maximum Gasteiger partial charge on any atom is 0.276 e. The van der Waals surface area contributed by atoms with E-state index in [2.05, 4.69) is 20.3 Å². The Morgan fingerprint density at radius 3 is 2.84 bits per heavy atom. The average molecular weight is 348 g/mol. The summed E-state index contributed by atoms with van der Waals surface area (Å²) < 4.78 is 12.1. The maximum absolute atomic E-state index is 13.0. The first kappa shape index (κ1) is 17.6. The van der Waals surface area contributed by atoms with Crippen molar-refractivity contribution in [3.8, 4) is 0 Å². The summed E-state index contributed by atoms with van der Waals surface area (Å²) in [6.07, 6.45) is 2.33. The fraction of sp³-hybridized carbons (Fsp3) is 0.625. The smallest absolute Gasteiger partial charge is 0.276 e. The second kappa shape index (κ2) is 7.32. The fourth-order valence-corrected chi connectivity index (χ4v) is 3.02. The number of hydrogen-bond acceptors (Lipinski definition) is 6. The zero-order valence-electron chi connectivity index (χ0n) is 15.0. The van der Waals surface area contributed by atoms with Crippen LogP contribution in [0.4, 0.5) is 0 Å². The molecule has 0 aliphatic carbocycles. The number of nitrogens with one attached hydrogen (secondary N) is 1. The number of aromatic nitrogens is 5. The van der Waals surface area contributed by atoms with E-state index in [1.54, 1.807) is 30.0 Å². The van der Waals surface area contributed by atoms with E-state index >= 15 is 0 Å². The molecular formula is C16H24N6O3. The summed E-state index contributed by atoms with van der Waals surface area (Å²) in [4.78, 5) is 22.6. The number of ether oxygens (including phenoxy) is 2. The lowest BCUT2D eigenvalue weighted by Gasteiger charge is -2.21. The number of carbonyl (C=O) groups excluding carboxylic acids is 1. The van der Waals surface area contributed by atoms with E-state index in [4.69, 9.17) is 9.47 Å². The van der Waals surface area contributed by atoms with Crippen molar-refractivity contribution in [2.45, 2.75) is 39.0 Å². The highest BCUT2D eigenvalue weighted by Crippen LogP contribution is 2.33. The van der Waals surface area contributed by atoms with Gasteiger partial charge in [0.25, 0.3) is 5.91 Å². The molecule has 0 unspecified atom stereocenters. The van der Waals surface area contributed by atoms with Gasteiger partial charge in [0, 0.05) is 32.9 Å². The number of amides is 1. The Kier molecular flexibility index (Phi) is 5.14. The summed E-state index contributed by atoms with van der Waals surface area (Å²) in [7, 11) is 3.28. The van der Waals surface area contributed by atoms with Crippen LogP contribution < -0.4 is 0 Å². The van der Waals surface area contributed by atoms with Crippen molar-refractivity contribution >= 4 is 5.91 Å². The molecule has 1 N–H and O–H groups in total. The number of methoxy groups -OCH3 is 2. The summed E-state index contributed by atoms with van der Waals surface area (Å²) >= 11 is 0. The Labute approximate surface area is 146 Å². The molecule has 1 aliphatic rings. The van der Waals surface area contributed by atoms with Gasteiger partial charge >= 0.3 is 0 Å². The quantitative estimate of drug-likeness (QED) is 0.832. The van der Waals surface area contributed by atoms with Crippen LogP contribution in [0.25, 0.3) is 0 Å².